The first-order valence-electron chi connectivity index (χ1n) is 5.11. The van der Waals surface area contributed by atoms with Gasteiger partial charge in [0, 0.05) is 37.6 Å². The van der Waals surface area contributed by atoms with Crippen molar-refractivity contribution in [3.8, 4) is 0 Å². The second-order valence-electron chi connectivity index (χ2n) is 4.24. The van der Waals surface area contributed by atoms with E-state index in [0.29, 0.717) is 0 Å². The molecule has 0 saturated heterocycles. The summed E-state index contributed by atoms with van der Waals surface area (Å²) in [6.45, 7) is 12.0. The Morgan fingerprint density at radius 1 is 1.29 bits per heavy atom. The van der Waals surface area contributed by atoms with Crippen LogP contribution in [0, 0.1) is 5.92 Å². The maximum atomic E-state index is 10.3. The van der Waals surface area contributed by atoms with Crippen LogP contribution in [-0.2, 0) is 25.8 Å². The molecule has 3 heteroatoms. The molecule has 0 aliphatic rings. The van der Waals surface area contributed by atoms with Crippen LogP contribution in [0.2, 0.25) is 0 Å². The second kappa shape index (κ2) is 6.89. The van der Waals surface area contributed by atoms with Crippen molar-refractivity contribution < 1.29 is 30.9 Å². The van der Waals surface area contributed by atoms with Gasteiger partial charge >= 0.3 is 0 Å². The van der Waals surface area contributed by atoms with Crippen molar-refractivity contribution in [2.45, 2.75) is 59.6 Å². The van der Waals surface area contributed by atoms with Gasteiger partial charge in [-0.25, -0.2) is 0 Å². The van der Waals surface area contributed by atoms with Crippen LogP contribution in [0.5, 0.6) is 0 Å². The summed E-state index contributed by atoms with van der Waals surface area (Å²) in [4.78, 5) is 4.41. The van der Waals surface area contributed by atoms with Crippen LogP contribution >= 0.6 is 0 Å². The first-order chi connectivity index (χ1) is 5.84. The molecule has 1 unspecified atom stereocenters. The molecule has 0 bridgehead atoms. The Hall–Kier alpha value is 0.500. The third-order valence-electron chi connectivity index (χ3n) is 2.57. The maximum absolute atomic E-state index is 10.3. The molecular formula is C11H23NOSc. The zero-order valence-corrected chi connectivity index (χ0v) is 12.1. The van der Waals surface area contributed by atoms with Gasteiger partial charge < -0.3 is 5.11 Å². The van der Waals surface area contributed by atoms with E-state index >= 15 is 0 Å². The van der Waals surface area contributed by atoms with E-state index in [1.807, 2.05) is 41.5 Å². The number of nitrogens with zero attached hydrogens (tertiary/aromatic N) is 1. The quantitative estimate of drug-likeness (QED) is 0.740. The van der Waals surface area contributed by atoms with Crippen molar-refractivity contribution in [2.75, 3.05) is 0 Å². The average molecular weight is 230 g/mol. The Kier molecular flexibility index (Phi) is 8.32. The summed E-state index contributed by atoms with van der Waals surface area (Å²) in [5.74, 6) is 0.222. The summed E-state index contributed by atoms with van der Waals surface area (Å²) in [5.41, 5.74) is 0.143. The van der Waals surface area contributed by atoms with E-state index in [0.717, 1.165) is 12.1 Å². The standard InChI is InChI=1S/C11H23NO.Sc/c1-7-11(13,8(2)3)10(6)12-9(4)5;/h8-9,13H,7H2,1-6H3;. The molecule has 14 heavy (non-hydrogen) atoms. The van der Waals surface area contributed by atoms with E-state index in [1.165, 1.54) is 0 Å². The Morgan fingerprint density at radius 2 is 1.71 bits per heavy atom. The van der Waals surface area contributed by atoms with Gasteiger partial charge in [-0.1, -0.05) is 20.8 Å². The molecule has 0 aliphatic heterocycles. The first kappa shape index (κ1) is 16.9. The largest absolute Gasteiger partial charge is 0.384 e. The van der Waals surface area contributed by atoms with Crippen LogP contribution in [0.15, 0.2) is 4.99 Å². The Labute approximate surface area is 107 Å². The zero-order valence-electron chi connectivity index (χ0n) is 10.3. The summed E-state index contributed by atoms with van der Waals surface area (Å²) >= 11 is 0. The van der Waals surface area contributed by atoms with Crippen LogP contribution in [-0.4, -0.2) is 22.5 Å². The molecule has 0 aliphatic carbocycles. The summed E-state index contributed by atoms with van der Waals surface area (Å²) in [6, 6.07) is 0.261. The fraction of sp³-hybridized carbons (Fsp3) is 0.909. The van der Waals surface area contributed by atoms with E-state index < -0.39 is 5.60 Å². The van der Waals surface area contributed by atoms with E-state index in [4.69, 9.17) is 0 Å². The van der Waals surface area contributed by atoms with Gasteiger partial charge in [-0.3, -0.25) is 4.99 Å². The molecule has 0 aromatic carbocycles. The minimum absolute atomic E-state index is 0. The third kappa shape index (κ3) is 4.35. The Bertz CT molecular complexity index is 190. The summed E-state index contributed by atoms with van der Waals surface area (Å²) < 4.78 is 0. The predicted molar refractivity (Wildman–Crippen MR) is 58.3 cm³/mol. The van der Waals surface area contributed by atoms with Crippen LogP contribution in [0.4, 0.5) is 0 Å². The topological polar surface area (TPSA) is 32.6 Å². The van der Waals surface area contributed by atoms with Crippen LogP contribution < -0.4 is 0 Å². The van der Waals surface area contributed by atoms with E-state index in [-0.39, 0.29) is 37.8 Å². The normalized spacial score (nSPS) is 16.8. The molecule has 0 heterocycles. The van der Waals surface area contributed by atoms with Crippen molar-refractivity contribution in [2.24, 2.45) is 10.9 Å². The molecule has 0 spiro atoms. The molecule has 0 amide bonds. The van der Waals surface area contributed by atoms with Crippen molar-refractivity contribution in [3.63, 3.8) is 0 Å². The van der Waals surface area contributed by atoms with Crippen molar-refractivity contribution in [1.29, 1.82) is 0 Å². The molecular weight excluding hydrogens is 207 g/mol. The molecule has 1 atom stereocenters. The van der Waals surface area contributed by atoms with E-state index in [2.05, 4.69) is 4.99 Å². The molecule has 1 N–H and O–H groups in total. The van der Waals surface area contributed by atoms with Gasteiger partial charge in [-0.15, -0.1) is 0 Å². The van der Waals surface area contributed by atoms with Crippen molar-refractivity contribution in [3.05, 3.63) is 0 Å². The third-order valence-corrected chi connectivity index (χ3v) is 2.57. The van der Waals surface area contributed by atoms with Crippen LogP contribution in [0.1, 0.15) is 48.0 Å². The van der Waals surface area contributed by atoms with Crippen LogP contribution in [0.25, 0.3) is 0 Å². The molecule has 0 fully saturated rings. The molecule has 1 radical (unpaired) electrons. The number of rotatable bonds is 4. The van der Waals surface area contributed by atoms with Gasteiger partial charge in [0.1, 0.15) is 5.60 Å². The average Bonchev–Trinajstić information content (AvgIpc) is 2.01. The van der Waals surface area contributed by atoms with Gasteiger partial charge in [0.2, 0.25) is 0 Å². The Balaban J connectivity index is 0. The molecule has 81 valence electrons. The smallest absolute Gasteiger partial charge is 0.104 e. The number of aliphatic imine (C=N–C) groups is 1. The fourth-order valence-electron chi connectivity index (χ4n) is 1.58. The minimum atomic E-state index is -0.718. The zero-order chi connectivity index (χ0) is 10.6. The maximum Gasteiger partial charge on any atom is 0.104 e. The molecule has 2 nitrogen and oxygen atoms in total. The van der Waals surface area contributed by atoms with Gasteiger partial charge in [0.15, 0.2) is 0 Å². The summed E-state index contributed by atoms with van der Waals surface area (Å²) in [5, 5.41) is 10.3. The fourth-order valence-corrected chi connectivity index (χ4v) is 1.58. The molecule has 0 rings (SSSR count). The van der Waals surface area contributed by atoms with Gasteiger partial charge in [0.25, 0.3) is 0 Å². The second-order valence-corrected chi connectivity index (χ2v) is 4.24. The molecule has 0 aromatic heterocycles. The van der Waals surface area contributed by atoms with Crippen molar-refractivity contribution >= 4 is 5.71 Å². The van der Waals surface area contributed by atoms with Crippen LogP contribution in [0.3, 0.4) is 0 Å². The monoisotopic (exact) mass is 230 g/mol. The van der Waals surface area contributed by atoms with E-state index in [1.54, 1.807) is 0 Å². The van der Waals surface area contributed by atoms with Gasteiger partial charge in [-0.05, 0) is 33.1 Å². The number of aliphatic hydroxyl groups is 1. The SMILES string of the molecule is CCC(O)(C(C)=NC(C)C)C(C)C.[Sc]. The van der Waals surface area contributed by atoms with Crippen molar-refractivity contribution in [1.82, 2.24) is 0 Å². The molecule has 0 saturated carbocycles. The summed E-state index contributed by atoms with van der Waals surface area (Å²) in [7, 11) is 0. The number of hydrogen-bond acceptors (Lipinski definition) is 2. The minimum Gasteiger partial charge on any atom is -0.384 e. The van der Waals surface area contributed by atoms with Gasteiger partial charge in [-0.2, -0.15) is 0 Å². The number of hydrogen-bond donors (Lipinski definition) is 1. The molecule has 0 aromatic rings. The predicted octanol–water partition coefficient (Wildman–Crippen LogP) is 2.65. The summed E-state index contributed by atoms with van der Waals surface area (Å²) in [6.07, 6.45) is 0.729. The first-order valence-corrected chi connectivity index (χ1v) is 5.11. The Morgan fingerprint density at radius 3 is 1.93 bits per heavy atom. The van der Waals surface area contributed by atoms with Gasteiger partial charge in [0.05, 0.1) is 0 Å². The van der Waals surface area contributed by atoms with E-state index in [9.17, 15) is 5.11 Å².